The van der Waals surface area contributed by atoms with Crippen LogP contribution in [0.2, 0.25) is 0 Å². The molecule has 0 aromatic carbocycles. The molecule has 0 aliphatic heterocycles. The van der Waals surface area contributed by atoms with Crippen LogP contribution in [0.5, 0.6) is 0 Å². The van der Waals surface area contributed by atoms with Gasteiger partial charge in [0.05, 0.1) is 0 Å². The lowest BCUT2D eigenvalue weighted by atomic mass is 10.3. The van der Waals surface area contributed by atoms with E-state index in [4.69, 9.17) is 10.7 Å². The summed E-state index contributed by atoms with van der Waals surface area (Å²) >= 11 is 0. The molecule has 60 valence electrons. The third-order valence-corrected chi connectivity index (χ3v) is 3.67. The van der Waals surface area contributed by atoms with E-state index in [-0.39, 0.29) is 0 Å². The number of rotatable bonds is 1. The SMILES string of the molecule is O=S(=O)(Cl)C1CCCC1F. The van der Waals surface area contributed by atoms with Gasteiger partial charge in [-0.1, -0.05) is 0 Å². The van der Waals surface area contributed by atoms with Gasteiger partial charge in [-0.3, -0.25) is 0 Å². The Kier molecular flexibility index (Phi) is 2.20. The normalized spacial score (nSPS) is 34.6. The Morgan fingerprint density at radius 2 is 2.00 bits per heavy atom. The molecule has 10 heavy (non-hydrogen) atoms. The Morgan fingerprint density at radius 3 is 2.20 bits per heavy atom. The molecule has 2 nitrogen and oxygen atoms in total. The maximum absolute atomic E-state index is 12.6. The summed E-state index contributed by atoms with van der Waals surface area (Å²) in [4.78, 5) is 0. The minimum Gasteiger partial charge on any atom is -0.246 e. The molecule has 0 N–H and O–H groups in total. The van der Waals surface area contributed by atoms with Gasteiger partial charge in [-0.15, -0.1) is 0 Å². The molecule has 0 saturated heterocycles. The second kappa shape index (κ2) is 2.66. The van der Waals surface area contributed by atoms with Gasteiger partial charge >= 0.3 is 0 Å². The molecule has 2 unspecified atom stereocenters. The quantitative estimate of drug-likeness (QED) is 0.581. The van der Waals surface area contributed by atoms with E-state index in [2.05, 4.69) is 0 Å². The third-order valence-electron chi connectivity index (χ3n) is 1.73. The monoisotopic (exact) mass is 186 g/mol. The molecule has 1 rings (SSSR count). The van der Waals surface area contributed by atoms with Crippen molar-refractivity contribution in [2.24, 2.45) is 0 Å². The molecule has 0 bridgehead atoms. The van der Waals surface area contributed by atoms with Crippen molar-refractivity contribution in [2.45, 2.75) is 30.7 Å². The molecule has 1 fully saturated rings. The third kappa shape index (κ3) is 1.61. The molecule has 0 heterocycles. The molecule has 5 heteroatoms. The van der Waals surface area contributed by atoms with Crippen molar-refractivity contribution in [2.75, 3.05) is 0 Å². The number of hydrogen-bond acceptors (Lipinski definition) is 2. The van der Waals surface area contributed by atoms with Gasteiger partial charge in [0.2, 0.25) is 9.05 Å². The maximum atomic E-state index is 12.6. The first kappa shape index (κ1) is 8.27. The van der Waals surface area contributed by atoms with Crippen molar-refractivity contribution in [3.8, 4) is 0 Å². The van der Waals surface area contributed by atoms with E-state index in [0.29, 0.717) is 19.3 Å². The molecule has 2 atom stereocenters. The van der Waals surface area contributed by atoms with E-state index in [1.54, 1.807) is 0 Å². The summed E-state index contributed by atoms with van der Waals surface area (Å²) in [5.74, 6) is 0. The summed E-state index contributed by atoms with van der Waals surface area (Å²) in [6.45, 7) is 0. The summed E-state index contributed by atoms with van der Waals surface area (Å²) in [7, 11) is 1.31. The topological polar surface area (TPSA) is 34.1 Å². The maximum Gasteiger partial charge on any atom is 0.238 e. The van der Waals surface area contributed by atoms with Crippen LogP contribution in [0.4, 0.5) is 4.39 Å². The van der Waals surface area contributed by atoms with Crippen LogP contribution in [0.1, 0.15) is 19.3 Å². The van der Waals surface area contributed by atoms with Crippen LogP contribution >= 0.6 is 10.7 Å². The van der Waals surface area contributed by atoms with Crippen molar-refractivity contribution in [3.63, 3.8) is 0 Å². The van der Waals surface area contributed by atoms with Crippen LogP contribution in [0.25, 0.3) is 0 Å². The highest BCUT2D eigenvalue weighted by Gasteiger charge is 2.36. The molecule has 0 radical (unpaired) electrons. The van der Waals surface area contributed by atoms with Gasteiger partial charge in [-0.05, 0) is 19.3 Å². The summed E-state index contributed by atoms with van der Waals surface area (Å²) in [6, 6.07) is 0. The van der Waals surface area contributed by atoms with Crippen molar-refractivity contribution < 1.29 is 12.8 Å². The second-order valence-electron chi connectivity index (χ2n) is 2.46. The molecule has 0 aromatic rings. The van der Waals surface area contributed by atoms with Crippen molar-refractivity contribution in [1.82, 2.24) is 0 Å². The van der Waals surface area contributed by atoms with Gasteiger partial charge in [-0.25, -0.2) is 12.8 Å². The highest BCUT2D eigenvalue weighted by atomic mass is 35.7. The van der Waals surface area contributed by atoms with E-state index in [1.165, 1.54) is 0 Å². The van der Waals surface area contributed by atoms with Crippen LogP contribution < -0.4 is 0 Å². The largest absolute Gasteiger partial charge is 0.246 e. The van der Waals surface area contributed by atoms with Gasteiger partial charge in [0, 0.05) is 10.7 Å². The fraction of sp³-hybridized carbons (Fsp3) is 1.00. The number of hydrogen-bond donors (Lipinski definition) is 0. The standard InChI is InChI=1S/C5H8ClFO2S/c6-10(8,9)5-3-1-2-4(5)7/h4-5H,1-3H2. The van der Waals surface area contributed by atoms with Crippen molar-refractivity contribution >= 4 is 19.7 Å². The minimum atomic E-state index is -3.65. The first-order chi connectivity index (χ1) is 4.52. The Morgan fingerprint density at radius 1 is 1.40 bits per heavy atom. The fourth-order valence-electron chi connectivity index (χ4n) is 1.20. The van der Waals surface area contributed by atoms with Gasteiger partial charge < -0.3 is 0 Å². The average Bonchev–Trinajstić information content (AvgIpc) is 2.11. The molecule has 0 aromatic heterocycles. The average molecular weight is 187 g/mol. The minimum absolute atomic E-state index is 0.330. The number of halogens is 2. The smallest absolute Gasteiger partial charge is 0.238 e. The van der Waals surface area contributed by atoms with E-state index >= 15 is 0 Å². The van der Waals surface area contributed by atoms with Crippen LogP contribution in [-0.4, -0.2) is 19.8 Å². The van der Waals surface area contributed by atoms with Crippen molar-refractivity contribution in [3.05, 3.63) is 0 Å². The molecule has 1 aliphatic carbocycles. The van der Waals surface area contributed by atoms with E-state index in [9.17, 15) is 12.8 Å². The van der Waals surface area contributed by atoms with Crippen LogP contribution in [0, 0.1) is 0 Å². The second-order valence-corrected chi connectivity index (χ2v) is 5.31. The Bertz CT molecular complexity index is 214. The van der Waals surface area contributed by atoms with Crippen molar-refractivity contribution in [1.29, 1.82) is 0 Å². The highest BCUT2D eigenvalue weighted by molar-refractivity contribution is 8.14. The zero-order chi connectivity index (χ0) is 7.78. The molecular weight excluding hydrogens is 179 g/mol. The Labute approximate surface area is 63.8 Å². The molecule has 0 spiro atoms. The Balaban J connectivity index is 2.74. The lowest BCUT2D eigenvalue weighted by Gasteiger charge is -2.06. The molecule has 0 amide bonds. The van der Waals surface area contributed by atoms with E-state index in [1.807, 2.05) is 0 Å². The van der Waals surface area contributed by atoms with Crippen LogP contribution in [-0.2, 0) is 9.05 Å². The van der Waals surface area contributed by atoms with Gasteiger partial charge in [-0.2, -0.15) is 0 Å². The highest BCUT2D eigenvalue weighted by Crippen LogP contribution is 2.29. The van der Waals surface area contributed by atoms with E-state index < -0.39 is 20.5 Å². The summed E-state index contributed by atoms with van der Waals surface area (Å²) in [5, 5.41) is -0.950. The van der Waals surface area contributed by atoms with E-state index in [0.717, 1.165) is 0 Å². The van der Waals surface area contributed by atoms with Crippen LogP contribution in [0.3, 0.4) is 0 Å². The predicted molar refractivity (Wildman–Crippen MR) is 37.3 cm³/mol. The van der Waals surface area contributed by atoms with Crippen LogP contribution in [0.15, 0.2) is 0 Å². The Hall–Kier alpha value is 0.170. The summed E-state index contributed by atoms with van der Waals surface area (Å²) in [5.41, 5.74) is 0. The zero-order valence-electron chi connectivity index (χ0n) is 5.26. The predicted octanol–water partition coefficient (Wildman–Crippen LogP) is 1.45. The number of alkyl halides is 1. The lowest BCUT2D eigenvalue weighted by Crippen LogP contribution is -2.21. The molecule has 1 saturated carbocycles. The first-order valence-corrected chi connectivity index (χ1v) is 5.46. The van der Waals surface area contributed by atoms with Gasteiger partial charge in [0.1, 0.15) is 11.4 Å². The van der Waals surface area contributed by atoms with Gasteiger partial charge in [0.25, 0.3) is 0 Å². The first-order valence-electron chi connectivity index (χ1n) is 3.09. The lowest BCUT2D eigenvalue weighted by molar-refractivity contribution is 0.344. The molecular formula is C5H8ClFO2S. The summed E-state index contributed by atoms with van der Waals surface area (Å²) < 4.78 is 33.8. The zero-order valence-corrected chi connectivity index (χ0v) is 6.83. The molecule has 1 aliphatic rings. The fourth-order valence-corrected chi connectivity index (χ4v) is 2.74. The summed E-state index contributed by atoms with van der Waals surface area (Å²) in [6.07, 6.45) is 0.0731. The van der Waals surface area contributed by atoms with Gasteiger partial charge in [0.15, 0.2) is 0 Å².